The Labute approximate surface area is 105 Å². The maximum absolute atomic E-state index is 11.7. The van der Waals surface area contributed by atoms with Gasteiger partial charge < -0.3 is 9.30 Å². The van der Waals surface area contributed by atoms with Crippen LogP contribution in [0.4, 0.5) is 0 Å². The maximum atomic E-state index is 11.7. The molecule has 0 bridgehead atoms. The second-order valence-corrected chi connectivity index (χ2v) is 4.75. The highest BCUT2D eigenvalue weighted by Gasteiger charge is 2.45. The molecule has 0 spiro atoms. The van der Waals surface area contributed by atoms with E-state index in [1.54, 1.807) is 6.20 Å². The largest absolute Gasteiger partial charge is 0.469 e. The Morgan fingerprint density at radius 2 is 2.28 bits per heavy atom. The van der Waals surface area contributed by atoms with Crippen LogP contribution in [0.15, 0.2) is 23.1 Å². The molecule has 0 aromatic carbocycles. The first kappa shape index (κ1) is 12.4. The lowest BCUT2D eigenvalue weighted by Crippen LogP contribution is -2.25. The van der Waals surface area contributed by atoms with E-state index >= 15 is 0 Å². The van der Waals surface area contributed by atoms with Gasteiger partial charge in [-0.25, -0.2) is 0 Å². The number of aromatic nitrogens is 1. The number of nitrogens with zero attached hydrogens (tertiary/aromatic N) is 2. The summed E-state index contributed by atoms with van der Waals surface area (Å²) >= 11 is 0. The molecule has 0 saturated heterocycles. The fourth-order valence-electron chi connectivity index (χ4n) is 2.03. The van der Waals surface area contributed by atoms with Gasteiger partial charge in [0.05, 0.1) is 19.1 Å². The molecule has 1 heterocycles. The first-order chi connectivity index (χ1) is 8.58. The van der Waals surface area contributed by atoms with Crippen molar-refractivity contribution in [1.82, 2.24) is 4.57 Å². The van der Waals surface area contributed by atoms with E-state index in [-0.39, 0.29) is 16.9 Å². The van der Waals surface area contributed by atoms with E-state index in [4.69, 9.17) is 5.26 Å². The first-order valence-electron chi connectivity index (χ1n) is 5.76. The van der Waals surface area contributed by atoms with Crippen molar-refractivity contribution in [3.05, 3.63) is 34.2 Å². The normalized spacial score (nSPS) is 15.8. The van der Waals surface area contributed by atoms with Gasteiger partial charge in [0.25, 0.3) is 5.56 Å². The number of rotatable bonds is 4. The van der Waals surface area contributed by atoms with Gasteiger partial charge in [0.1, 0.15) is 6.07 Å². The number of methoxy groups -OCH3 is 1. The summed E-state index contributed by atoms with van der Waals surface area (Å²) < 4.78 is 6.17. The van der Waals surface area contributed by atoms with E-state index in [0.29, 0.717) is 18.5 Å². The quantitative estimate of drug-likeness (QED) is 0.745. The molecular weight excluding hydrogens is 232 g/mol. The summed E-state index contributed by atoms with van der Waals surface area (Å²) in [6.07, 6.45) is 3.68. The van der Waals surface area contributed by atoms with Crippen molar-refractivity contribution in [2.75, 3.05) is 7.11 Å². The lowest BCUT2D eigenvalue weighted by molar-refractivity contribution is -0.142. The molecule has 5 nitrogen and oxygen atoms in total. The number of ether oxygens (including phenoxy) is 1. The summed E-state index contributed by atoms with van der Waals surface area (Å²) in [4.78, 5) is 23.0. The number of pyridine rings is 1. The van der Waals surface area contributed by atoms with Crippen LogP contribution in [0.5, 0.6) is 0 Å². The third-order valence-corrected chi connectivity index (χ3v) is 3.32. The van der Waals surface area contributed by atoms with Gasteiger partial charge >= 0.3 is 5.97 Å². The average Bonchev–Trinajstić information content (AvgIpc) is 3.11. The Bertz CT molecular complexity index is 564. The number of nitriles is 1. The zero-order valence-corrected chi connectivity index (χ0v) is 10.2. The van der Waals surface area contributed by atoms with Crippen molar-refractivity contribution >= 4 is 5.97 Å². The maximum Gasteiger partial charge on any atom is 0.306 e. The molecule has 0 radical (unpaired) electrons. The van der Waals surface area contributed by atoms with Crippen LogP contribution in [0.3, 0.4) is 0 Å². The van der Waals surface area contributed by atoms with Crippen LogP contribution in [0.25, 0.3) is 0 Å². The van der Waals surface area contributed by atoms with Gasteiger partial charge in [-0.15, -0.1) is 0 Å². The number of carbonyl (C=O) groups excluding carboxylic acids is 1. The van der Waals surface area contributed by atoms with Crippen molar-refractivity contribution in [1.29, 1.82) is 5.26 Å². The molecule has 1 aromatic rings. The van der Waals surface area contributed by atoms with Crippen LogP contribution >= 0.6 is 0 Å². The summed E-state index contributed by atoms with van der Waals surface area (Å²) in [5, 5.41) is 8.81. The van der Waals surface area contributed by atoms with Gasteiger partial charge in [-0.3, -0.25) is 9.59 Å². The highest BCUT2D eigenvalue weighted by molar-refractivity contribution is 5.70. The van der Waals surface area contributed by atoms with E-state index in [0.717, 1.165) is 12.8 Å². The predicted octanol–water partition coefficient (Wildman–Crippen LogP) is 1.06. The summed E-state index contributed by atoms with van der Waals surface area (Å²) in [6.45, 7) is 0.469. The fourth-order valence-corrected chi connectivity index (χ4v) is 2.03. The molecule has 0 amide bonds. The van der Waals surface area contributed by atoms with Gasteiger partial charge in [-0.05, 0) is 24.3 Å². The molecule has 0 atom stereocenters. The lowest BCUT2D eigenvalue weighted by Gasteiger charge is -2.15. The van der Waals surface area contributed by atoms with Gasteiger partial charge in [0.15, 0.2) is 0 Å². The van der Waals surface area contributed by atoms with E-state index in [1.165, 1.54) is 23.8 Å². The second-order valence-electron chi connectivity index (χ2n) is 4.75. The van der Waals surface area contributed by atoms with E-state index < -0.39 is 0 Å². The molecule has 0 N–H and O–H groups in total. The van der Waals surface area contributed by atoms with Crippen molar-refractivity contribution in [3.8, 4) is 6.07 Å². The molecule has 0 aliphatic heterocycles. The van der Waals surface area contributed by atoms with E-state index in [9.17, 15) is 9.59 Å². The molecule has 1 aliphatic rings. The molecule has 2 rings (SSSR count). The minimum Gasteiger partial charge on any atom is -0.469 e. The van der Waals surface area contributed by atoms with Crippen molar-refractivity contribution in [3.63, 3.8) is 0 Å². The predicted molar refractivity (Wildman–Crippen MR) is 63.7 cm³/mol. The van der Waals surface area contributed by atoms with Crippen LogP contribution in [-0.4, -0.2) is 17.6 Å². The summed E-state index contributed by atoms with van der Waals surface area (Å²) in [5.74, 6) is -0.253. The Hall–Kier alpha value is -2.09. The van der Waals surface area contributed by atoms with Crippen molar-refractivity contribution < 1.29 is 9.53 Å². The molecule has 5 heteroatoms. The molecule has 18 heavy (non-hydrogen) atoms. The molecule has 1 fully saturated rings. The first-order valence-corrected chi connectivity index (χ1v) is 5.76. The Morgan fingerprint density at radius 3 is 2.83 bits per heavy atom. The smallest absolute Gasteiger partial charge is 0.306 e. The topological polar surface area (TPSA) is 72.1 Å². The van der Waals surface area contributed by atoms with Gasteiger partial charge in [0, 0.05) is 18.8 Å². The van der Waals surface area contributed by atoms with Crippen LogP contribution in [0, 0.1) is 16.7 Å². The fraction of sp³-hybridized carbons (Fsp3) is 0.462. The van der Waals surface area contributed by atoms with E-state index in [2.05, 4.69) is 4.74 Å². The summed E-state index contributed by atoms with van der Waals surface area (Å²) in [7, 11) is 1.36. The minimum atomic E-state index is -0.253. The van der Waals surface area contributed by atoms with Crippen LogP contribution in [0.2, 0.25) is 0 Å². The number of esters is 1. The molecular formula is C13H14N2O3. The highest BCUT2D eigenvalue weighted by atomic mass is 16.5. The molecule has 94 valence electrons. The van der Waals surface area contributed by atoms with Gasteiger partial charge in [0.2, 0.25) is 0 Å². The van der Waals surface area contributed by atoms with Crippen molar-refractivity contribution in [2.24, 2.45) is 5.41 Å². The standard InChI is InChI=1S/C13H14N2O3/c1-18-12(17)6-13(4-5-13)9-15-8-10(7-14)2-3-11(15)16/h2-3,8H,4-6,9H2,1H3. The van der Waals surface area contributed by atoms with E-state index in [1.807, 2.05) is 6.07 Å². The number of carbonyl (C=O) groups is 1. The zero-order valence-electron chi connectivity index (χ0n) is 10.2. The van der Waals surface area contributed by atoms with Crippen LogP contribution in [-0.2, 0) is 16.1 Å². The van der Waals surface area contributed by atoms with Crippen LogP contribution in [0.1, 0.15) is 24.8 Å². The van der Waals surface area contributed by atoms with Gasteiger partial charge in [-0.2, -0.15) is 5.26 Å². The Morgan fingerprint density at radius 1 is 1.56 bits per heavy atom. The summed E-state index contributed by atoms with van der Waals surface area (Å²) in [6, 6.07) is 4.88. The monoisotopic (exact) mass is 246 g/mol. The van der Waals surface area contributed by atoms with Gasteiger partial charge in [-0.1, -0.05) is 0 Å². The third kappa shape index (κ3) is 2.59. The lowest BCUT2D eigenvalue weighted by atomic mass is 10.0. The Balaban J connectivity index is 2.17. The minimum absolute atomic E-state index is 0.148. The third-order valence-electron chi connectivity index (χ3n) is 3.32. The molecule has 1 aromatic heterocycles. The Kier molecular flexibility index (Phi) is 3.19. The number of hydrogen-bond acceptors (Lipinski definition) is 4. The highest BCUT2D eigenvalue weighted by Crippen LogP contribution is 2.50. The number of hydrogen-bond donors (Lipinski definition) is 0. The SMILES string of the molecule is COC(=O)CC1(Cn2cc(C#N)ccc2=O)CC1. The summed E-state index contributed by atoms with van der Waals surface area (Å²) in [5.41, 5.74) is 0.138. The zero-order chi connectivity index (χ0) is 13.2. The molecule has 1 aliphatic carbocycles. The van der Waals surface area contributed by atoms with Crippen LogP contribution < -0.4 is 5.56 Å². The second kappa shape index (κ2) is 4.65. The average molecular weight is 246 g/mol. The molecule has 0 unspecified atom stereocenters. The molecule has 1 saturated carbocycles. The van der Waals surface area contributed by atoms with Crippen molar-refractivity contribution in [2.45, 2.75) is 25.8 Å².